The minimum atomic E-state index is -0.213. The van der Waals surface area contributed by atoms with Crippen molar-refractivity contribution >= 4 is 11.6 Å². The maximum absolute atomic E-state index is 13.2. The van der Waals surface area contributed by atoms with Crippen molar-refractivity contribution in [1.29, 1.82) is 0 Å². The van der Waals surface area contributed by atoms with Gasteiger partial charge >= 0.3 is 0 Å². The van der Waals surface area contributed by atoms with Crippen LogP contribution < -0.4 is 10.2 Å². The SMILES string of the molecule is COc1ccc([C@@H]2C=C(c3ccccc3)NN2C(=O)c2ccc(C)cc2)cc1. The number of hydrogen-bond donors (Lipinski definition) is 1. The Kier molecular flexibility index (Phi) is 4.85. The first kappa shape index (κ1) is 17.9. The second-order valence-corrected chi connectivity index (χ2v) is 6.82. The second-order valence-electron chi connectivity index (χ2n) is 6.82. The Morgan fingerprint density at radius 3 is 2.25 bits per heavy atom. The van der Waals surface area contributed by atoms with Gasteiger partial charge in [0.1, 0.15) is 5.75 Å². The van der Waals surface area contributed by atoms with Gasteiger partial charge in [-0.1, -0.05) is 60.2 Å². The summed E-state index contributed by atoms with van der Waals surface area (Å²) in [6.07, 6.45) is 2.09. The lowest BCUT2D eigenvalue weighted by Gasteiger charge is -2.26. The van der Waals surface area contributed by atoms with E-state index in [0.717, 1.165) is 28.1 Å². The van der Waals surface area contributed by atoms with Crippen LogP contribution in [-0.4, -0.2) is 18.0 Å². The molecule has 1 heterocycles. The van der Waals surface area contributed by atoms with Gasteiger partial charge in [-0.25, -0.2) is 5.01 Å². The third-order valence-corrected chi connectivity index (χ3v) is 4.90. The molecule has 1 aliphatic heterocycles. The number of nitrogens with zero attached hydrogens (tertiary/aromatic N) is 1. The van der Waals surface area contributed by atoms with Gasteiger partial charge in [0, 0.05) is 5.56 Å². The number of carbonyl (C=O) groups is 1. The molecule has 1 atom stereocenters. The van der Waals surface area contributed by atoms with Crippen LogP contribution in [0.3, 0.4) is 0 Å². The molecule has 4 rings (SSSR count). The molecule has 3 aromatic carbocycles. The number of amides is 1. The van der Waals surface area contributed by atoms with Crippen LogP contribution in [0, 0.1) is 6.92 Å². The number of carbonyl (C=O) groups excluding carboxylic acids is 1. The molecule has 140 valence electrons. The fourth-order valence-corrected chi connectivity index (χ4v) is 3.31. The van der Waals surface area contributed by atoms with Gasteiger partial charge in [0.15, 0.2) is 0 Å². The third-order valence-electron chi connectivity index (χ3n) is 4.90. The van der Waals surface area contributed by atoms with Gasteiger partial charge in [0.25, 0.3) is 5.91 Å². The van der Waals surface area contributed by atoms with Crippen LogP contribution >= 0.6 is 0 Å². The van der Waals surface area contributed by atoms with Crippen molar-refractivity contribution in [2.45, 2.75) is 13.0 Å². The molecule has 0 saturated heterocycles. The lowest BCUT2D eigenvalue weighted by Crippen LogP contribution is -2.39. The van der Waals surface area contributed by atoms with Crippen molar-refractivity contribution in [3.05, 3.63) is 107 Å². The molecule has 0 saturated carbocycles. The van der Waals surface area contributed by atoms with Gasteiger partial charge in [-0.2, -0.15) is 0 Å². The molecule has 1 aliphatic rings. The summed E-state index contributed by atoms with van der Waals surface area (Å²) in [4.78, 5) is 13.2. The van der Waals surface area contributed by atoms with E-state index in [1.165, 1.54) is 0 Å². The van der Waals surface area contributed by atoms with Crippen LogP contribution in [0.1, 0.15) is 33.1 Å². The highest BCUT2D eigenvalue weighted by Crippen LogP contribution is 2.33. The first-order chi connectivity index (χ1) is 13.7. The summed E-state index contributed by atoms with van der Waals surface area (Å²) in [6.45, 7) is 2.01. The van der Waals surface area contributed by atoms with Crippen molar-refractivity contribution in [1.82, 2.24) is 10.4 Å². The molecule has 1 N–H and O–H groups in total. The van der Waals surface area contributed by atoms with Crippen LogP contribution in [0.2, 0.25) is 0 Å². The van der Waals surface area contributed by atoms with E-state index in [9.17, 15) is 4.79 Å². The van der Waals surface area contributed by atoms with E-state index in [1.807, 2.05) is 85.8 Å². The molecule has 0 bridgehead atoms. The summed E-state index contributed by atoms with van der Waals surface area (Å²) >= 11 is 0. The number of nitrogens with one attached hydrogen (secondary N) is 1. The van der Waals surface area contributed by atoms with Gasteiger partial charge < -0.3 is 4.74 Å². The molecular formula is C24H22N2O2. The standard InChI is InChI=1S/C24H22N2O2/c1-17-8-10-20(11-9-17)24(27)26-23(19-12-14-21(28-2)15-13-19)16-22(25-26)18-6-4-3-5-7-18/h3-16,23,25H,1-2H3/t23-/m0/s1. The van der Waals surface area contributed by atoms with Gasteiger partial charge in [-0.3, -0.25) is 10.2 Å². The molecule has 0 spiro atoms. The predicted molar refractivity (Wildman–Crippen MR) is 111 cm³/mol. The number of rotatable bonds is 4. The summed E-state index contributed by atoms with van der Waals surface area (Å²) in [5, 5.41) is 1.69. The highest BCUT2D eigenvalue weighted by Gasteiger charge is 2.31. The van der Waals surface area contributed by atoms with Crippen LogP contribution in [0.25, 0.3) is 5.70 Å². The Labute approximate surface area is 165 Å². The van der Waals surface area contributed by atoms with Crippen molar-refractivity contribution in [2.75, 3.05) is 7.11 Å². The second kappa shape index (κ2) is 7.61. The number of methoxy groups -OCH3 is 1. The molecule has 0 aliphatic carbocycles. The van der Waals surface area contributed by atoms with Gasteiger partial charge in [0.05, 0.1) is 18.8 Å². The van der Waals surface area contributed by atoms with Crippen molar-refractivity contribution in [3.63, 3.8) is 0 Å². The predicted octanol–water partition coefficient (Wildman–Crippen LogP) is 4.75. The summed E-state index contributed by atoms with van der Waals surface area (Å²) < 4.78 is 5.27. The highest BCUT2D eigenvalue weighted by molar-refractivity contribution is 5.95. The first-order valence-electron chi connectivity index (χ1n) is 9.24. The molecule has 1 amide bonds. The molecule has 0 unspecified atom stereocenters. The molecule has 4 nitrogen and oxygen atoms in total. The Bertz CT molecular complexity index is 993. The lowest BCUT2D eigenvalue weighted by atomic mass is 10.0. The van der Waals surface area contributed by atoms with Gasteiger partial charge in [0.2, 0.25) is 0 Å². The number of hydrazine groups is 1. The van der Waals surface area contributed by atoms with Crippen molar-refractivity contribution in [3.8, 4) is 5.75 Å². The average molecular weight is 370 g/mol. The zero-order valence-corrected chi connectivity index (χ0v) is 15.9. The molecule has 0 fully saturated rings. The summed E-state index contributed by atoms with van der Waals surface area (Å²) in [5.74, 6) is 0.723. The van der Waals surface area contributed by atoms with Gasteiger partial charge in [-0.05, 0) is 48.4 Å². The summed E-state index contributed by atoms with van der Waals surface area (Å²) in [7, 11) is 1.65. The maximum atomic E-state index is 13.2. The van der Waals surface area contributed by atoms with E-state index in [-0.39, 0.29) is 11.9 Å². The van der Waals surface area contributed by atoms with E-state index < -0.39 is 0 Å². The van der Waals surface area contributed by atoms with Crippen LogP contribution in [0.15, 0.2) is 84.9 Å². The van der Waals surface area contributed by atoms with E-state index in [0.29, 0.717) is 5.56 Å². The fraction of sp³-hybridized carbons (Fsp3) is 0.125. The minimum absolute atomic E-state index is 0.0667. The first-order valence-corrected chi connectivity index (χ1v) is 9.24. The van der Waals surface area contributed by atoms with Crippen LogP contribution in [0.5, 0.6) is 5.75 Å². The monoisotopic (exact) mass is 370 g/mol. The largest absolute Gasteiger partial charge is 0.497 e. The summed E-state index contributed by atoms with van der Waals surface area (Å²) in [6, 6.07) is 25.3. The smallest absolute Gasteiger partial charge is 0.273 e. The van der Waals surface area contributed by atoms with Gasteiger partial charge in [-0.15, -0.1) is 0 Å². The normalized spacial score (nSPS) is 15.7. The molecule has 4 heteroatoms. The number of ether oxygens (including phenoxy) is 1. The zero-order chi connectivity index (χ0) is 19.5. The Balaban J connectivity index is 1.70. The zero-order valence-electron chi connectivity index (χ0n) is 15.9. The average Bonchev–Trinajstić information content (AvgIpc) is 3.20. The molecular weight excluding hydrogens is 348 g/mol. The van der Waals surface area contributed by atoms with E-state index >= 15 is 0 Å². The molecule has 28 heavy (non-hydrogen) atoms. The molecule has 0 radical (unpaired) electrons. The Morgan fingerprint density at radius 2 is 1.61 bits per heavy atom. The third kappa shape index (κ3) is 3.49. The van der Waals surface area contributed by atoms with Crippen molar-refractivity contribution < 1.29 is 9.53 Å². The van der Waals surface area contributed by atoms with E-state index in [2.05, 4.69) is 11.5 Å². The lowest BCUT2D eigenvalue weighted by molar-refractivity contribution is 0.0672. The molecule has 3 aromatic rings. The molecule has 0 aromatic heterocycles. The number of aryl methyl sites for hydroxylation is 1. The Hall–Kier alpha value is -3.53. The van der Waals surface area contributed by atoms with Crippen LogP contribution in [0.4, 0.5) is 0 Å². The number of hydrogen-bond acceptors (Lipinski definition) is 3. The topological polar surface area (TPSA) is 41.6 Å². The fourth-order valence-electron chi connectivity index (χ4n) is 3.31. The highest BCUT2D eigenvalue weighted by atomic mass is 16.5. The van der Waals surface area contributed by atoms with Crippen LogP contribution in [-0.2, 0) is 0 Å². The van der Waals surface area contributed by atoms with E-state index in [1.54, 1.807) is 12.1 Å². The Morgan fingerprint density at radius 1 is 0.929 bits per heavy atom. The minimum Gasteiger partial charge on any atom is -0.497 e. The summed E-state index contributed by atoms with van der Waals surface area (Å²) in [5.41, 5.74) is 8.06. The number of benzene rings is 3. The maximum Gasteiger partial charge on any atom is 0.273 e. The van der Waals surface area contributed by atoms with Crippen molar-refractivity contribution in [2.24, 2.45) is 0 Å². The van der Waals surface area contributed by atoms with E-state index in [4.69, 9.17) is 4.74 Å². The quantitative estimate of drug-likeness (QED) is 0.721.